The summed E-state index contributed by atoms with van der Waals surface area (Å²) in [5.74, 6) is 0.711. The summed E-state index contributed by atoms with van der Waals surface area (Å²) in [6, 6.07) is 3.60. The lowest BCUT2D eigenvalue weighted by Crippen LogP contribution is -1.92. The molecule has 0 aliphatic carbocycles. The molecule has 0 aliphatic rings. The van der Waals surface area contributed by atoms with E-state index < -0.39 is 0 Å². The number of thiazole rings is 2. The van der Waals surface area contributed by atoms with Gasteiger partial charge < -0.3 is 11.1 Å². The first-order valence-corrected chi connectivity index (χ1v) is 8.82. The number of hydrogen-bond donors (Lipinski definition) is 2. The predicted molar refractivity (Wildman–Crippen MR) is 94.2 cm³/mol. The molecule has 3 aromatic heterocycles. The van der Waals surface area contributed by atoms with Crippen molar-refractivity contribution in [3.8, 4) is 10.6 Å². The van der Waals surface area contributed by atoms with Gasteiger partial charge in [-0.1, -0.05) is 36.3 Å². The van der Waals surface area contributed by atoms with Crippen molar-refractivity contribution in [2.45, 2.75) is 19.8 Å². The molecule has 0 saturated carbocycles. The van der Waals surface area contributed by atoms with Gasteiger partial charge >= 0.3 is 0 Å². The van der Waals surface area contributed by atoms with Gasteiger partial charge in [0.1, 0.15) is 5.82 Å². The second kappa shape index (κ2) is 6.60. The summed E-state index contributed by atoms with van der Waals surface area (Å²) in [5, 5.41) is 7.14. The third kappa shape index (κ3) is 3.37. The van der Waals surface area contributed by atoms with Crippen LogP contribution in [0.3, 0.4) is 0 Å². The zero-order valence-electron chi connectivity index (χ0n) is 11.8. The third-order valence-corrected chi connectivity index (χ3v) is 4.83. The van der Waals surface area contributed by atoms with Gasteiger partial charge in [0.25, 0.3) is 0 Å². The summed E-state index contributed by atoms with van der Waals surface area (Å²) in [7, 11) is 0. The van der Waals surface area contributed by atoms with E-state index in [4.69, 9.17) is 17.3 Å². The lowest BCUT2D eigenvalue weighted by molar-refractivity contribution is 0.895. The topological polar surface area (TPSA) is 76.7 Å². The largest absolute Gasteiger partial charge is 0.375 e. The number of halogens is 1. The molecule has 8 heteroatoms. The fourth-order valence-electron chi connectivity index (χ4n) is 1.97. The smallest absolute Gasteiger partial charge is 0.188 e. The average Bonchev–Trinajstić information content (AvgIpc) is 3.09. The van der Waals surface area contributed by atoms with Gasteiger partial charge in [-0.05, 0) is 18.6 Å². The number of aryl methyl sites for hydroxylation is 1. The summed E-state index contributed by atoms with van der Waals surface area (Å²) in [6.45, 7) is 2.12. The lowest BCUT2D eigenvalue weighted by atomic mass is 10.2. The predicted octanol–water partition coefficient (Wildman–Crippen LogP) is 4.59. The summed E-state index contributed by atoms with van der Waals surface area (Å²) >= 11 is 8.83. The Hall–Kier alpha value is -1.70. The fourth-order valence-corrected chi connectivity index (χ4v) is 3.71. The number of rotatable bonds is 5. The van der Waals surface area contributed by atoms with E-state index in [2.05, 4.69) is 27.2 Å². The van der Waals surface area contributed by atoms with Gasteiger partial charge in [-0.25, -0.2) is 15.0 Å². The molecule has 3 heterocycles. The highest BCUT2D eigenvalue weighted by molar-refractivity contribution is 7.19. The minimum Gasteiger partial charge on any atom is -0.375 e. The number of aromatic nitrogens is 3. The van der Waals surface area contributed by atoms with Crippen LogP contribution in [0, 0.1) is 0 Å². The summed E-state index contributed by atoms with van der Waals surface area (Å²) in [6.07, 6.45) is 3.53. The molecule has 0 amide bonds. The molecule has 3 rings (SSSR count). The van der Waals surface area contributed by atoms with Crippen LogP contribution in [0.25, 0.3) is 10.6 Å². The highest BCUT2D eigenvalue weighted by Gasteiger charge is 2.14. The Bertz CT molecular complexity index is 766. The molecule has 0 fully saturated rings. The van der Waals surface area contributed by atoms with Crippen molar-refractivity contribution in [1.29, 1.82) is 0 Å². The van der Waals surface area contributed by atoms with E-state index in [-0.39, 0.29) is 0 Å². The van der Waals surface area contributed by atoms with Crippen molar-refractivity contribution in [2.24, 2.45) is 0 Å². The molecule has 5 nitrogen and oxygen atoms in total. The number of nitrogens with two attached hydrogens (primary N) is 1. The summed E-state index contributed by atoms with van der Waals surface area (Å²) < 4.78 is 0. The van der Waals surface area contributed by atoms with Crippen molar-refractivity contribution >= 4 is 50.4 Å². The molecule has 0 aliphatic heterocycles. The summed E-state index contributed by atoms with van der Waals surface area (Å²) in [5.41, 5.74) is 7.76. The Morgan fingerprint density at radius 3 is 2.91 bits per heavy atom. The zero-order chi connectivity index (χ0) is 15.5. The quantitative estimate of drug-likeness (QED) is 0.702. The summed E-state index contributed by atoms with van der Waals surface area (Å²) in [4.78, 5) is 14.2. The normalized spacial score (nSPS) is 10.8. The fraction of sp³-hybridized carbons (Fsp3) is 0.214. The number of hydrogen-bond acceptors (Lipinski definition) is 7. The minimum atomic E-state index is 0.584. The molecule has 0 aromatic carbocycles. The Labute approximate surface area is 141 Å². The van der Waals surface area contributed by atoms with Crippen LogP contribution in [-0.4, -0.2) is 15.0 Å². The maximum absolute atomic E-state index is 5.84. The first-order chi connectivity index (χ1) is 10.7. The number of pyridine rings is 1. The Balaban J connectivity index is 1.83. The van der Waals surface area contributed by atoms with Crippen molar-refractivity contribution < 1.29 is 0 Å². The van der Waals surface area contributed by atoms with Gasteiger partial charge in [-0.2, -0.15) is 0 Å². The molecule has 0 saturated heterocycles. The van der Waals surface area contributed by atoms with E-state index in [9.17, 15) is 0 Å². The van der Waals surface area contributed by atoms with Crippen LogP contribution < -0.4 is 11.1 Å². The van der Waals surface area contributed by atoms with Gasteiger partial charge in [0.2, 0.25) is 0 Å². The van der Waals surface area contributed by atoms with Crippen LogP contribution in [0.15, 0.2) is 23.7 Å². The van der Waals surface area contributed by atoms with E-state index in [1.54, 1.807) is 12.3 Å². The number of nitrogen functional groups attached to an aromatic ring is 1. The van der Waals surface area contributed by atoms with Crippen LogP contribution in [0.5, 0.6) is 0 Å². The van der Waals surface area contributed by atoms with Crippen LogP contribution in [-0.2, 0) is 6.42 Å². The minimum absolute atomic E-state index is 0.584. The van der Waals surface area contributed by atoms with Gasteiger partial charge in [-0.3, -0.25) is 0 Å². The SMILES string of the molecule is CCCc1nc(N)sc1-c1csc(Nc2ccc(Cl)cn2)n1. The van der Waals surface area contributed by atoms with Gasteiger partial charge in [0.05, 0.1) is 21.3 Å². The van der Waals surface area contributed by atoms with Crippen molar-refractivity contribution in [3.63, 3.8) is 0 Å². The average molecular weight is 352 g/mol. The Kier molecular flexibility index (Phi) is 4.56. The van der Waals surface area contributed by atoms with Crippen LogP contribution in [0.2, 0.25) is 5.02 Å². The highest BCUT2D eigenvalue weighted by Crippen LogP contribution is 2.34. The van der Waals surface area contributed by atoms with Crippen LogP contribution in [0.1, 0.15) is 19.0 Å². The maximum Gasteiger partial charge on any atom is 0.188 e. The van der Waals surface area contributed by atoms with Crippen molar-refractivity contribution in [1.82, 2.24) is 15.0 Å². The van der Waals surface area contributed by atoms with Gasteiger partial charge in [-0.15, -0.1) is 11.3 Å². The molecule has 22 heavy (non-hydrogen) atoms. The number of nitrogens with zero attached hydrogens (tertiary/aromatic N) is 3. The van der Waals surface area contributed by atoms with E-state index in [0.29, 0.717) is 16.0 Å². The molecule has 0 spiro atoms. The van der Waals surface area contributed by atoms with Crippen molar-refractivity contribution in [2.75, 3.05) is 11.1 Å². The highest BCUT2D eigenvalue weighted by atomic mass is 35.5. The first-order valence-electron chi connectivity index (χ1n) is 6.75. The number of nitrogens with one attached hydrogen (secondary N) is 1. The van der Waals surface area contributed by atoms with Gasteiger partial charge in [0.15, 0.2) is 10.3 Å². The number of anilines is 3. The second-order valence-corrected chi connectivity index (χ2v) is 6.93. The standard InChI is InChI=1S/C14H14ClN5S2/c1-2-3-9-12(22-13(16)18-9)10-7-21-14(19-10)20-11-5-4-8(15)6-17-11/h4-7H,2-3H2,1H3,(H2,16,18)(H,17,19,20). The molecular formula is C14H14ClN5S2. The van der Waals surface area contributed by atoms with E-state index in [0.717, 1.165) is 34.2 Å². The lowest BCUT2D eigenvalue weighted by Gasteiger charge is -2.00. The van der Waals surface area contributed by atoms with E-state index in [1.807, 2.05) is 11.4 Å². The molecule has 114 valence electrons. The maximum atomic E-state index is 5.84. The molecule has 0 radical (unpaired) electrons. The molecule has 3 aromatic rings. The third-order valence-electron chi connectivity index (χ3n) is 2.90. The molecule has 3 N–H and O–H groups in total. The van der Waals surface area contributed by atoms with E-state index in [1.165, 1.54) is 22.7 Å². The second-order valence-electron chi connectivity index (χ2n) is 4.60. The van der Waals surface area contributed by atoms with Crippen LogP contribution in [0.4, 0.5) is 16.1 Å². The van der Waals surface area contributed by atoms with Crippen molar-refractivity contribution in [3.05, 3.63) is 34.4 Å². The Morgan fingerprint density at radius 1 is 1.32 bits per heavy atom. The first kappa shape index (κ1) is 15.2. The Morgan fingerprint density at radius 2 is 2.18 bits per heavy atom. The molecular weight excluding hydrogens is 338 g/mol. The molecule has 0 bridgehead atoms. The zero-order valence-corrected chi connectivity index (χ0v) is 14.2. The molecule has 0 unspecified atom stereocenters. The molecule has 0 atom stereocenters. The van der Waals surface area contributed by atoms with E-state index >= 15 is 0 Å². The monoisotopic (exact) mass is 351 g/mol. The van der Waals surface area contributed by atoms with Crippen LogP contribution >= 0.6 is 34.3 Å². The van der Waals surface area contributed by atoms with Gasteiger partial charge in [0, 0.05) is 11.6 Å².